The van der Waals surface area contributed by atoms with Crippen molar-refractivity contribution < 1.29 is 4.74 Å². The summed E-state index contributed by atoms with van der Waals surface area (Å²) in [5, 5.41) is 0. The Morgan fingerprint density at radius 1 is 1.00 bits per heavy atom. The lowest BCUT2D eigenvalue weighted by atomic mass is 10.0. The normalized spacial score (nSPS) is 18.3. The number of hydrogen-bond donors (Lipinski definition) is 0. The van der Waals surface area contributed by atoms with Gasteiger partial charge in [-0.1, -0.05) is 29.8 Å². The Balaban J connectivity index is 1.86. The molecule has 0 saturated carbocycles. The zero-order valence-corrected chi connectivity index (χ0v) is 12.2. The van der Waals surface area contributed by atoms with Crippen LogP contribution in [0.25, 0.3) is 0 Å². The number of benzene rings is 2. The second-order valence-electron chi connectivity index (χ2n) is 5.46. The third-order valence-electron chi connectivity index (χ3n) is 4.12. The Hall–Kier alpha value is -1.96. The molecule has 0 amide bonds. The van der Waals surface area contributed by atoms with Gasteiger partial charge in [-0.2, -0.15) is 0 Å². The van der Waals surface area contributed by atoms with E-state index in [4.69, 9.17) is 4.74 Å². The zero-order chi connectivity index (χ0) is 13.9. The molecule has 1 saturated heterocycles. The molecular weight excluding hydrogens is 246 g/mol. The molecule has 1 atom stereocenters. The van der Waals surface area contributed by atoms with E-state index in [0.717, 1.165) is 12.3 Å². The summed E-state index contributed by atoms with van der Waals surface area (Å²) in [5.41, 5.74) is 4.03. The maximum absolute atomic E-state index is 5.24. The van der Waals surface area contributed by atoms with Gasteiger partial charge < -0.3 is 9.64 Å². The minimum atomic E-state index is 0.504. The van der Waals surface area contributed by atoms with Crippen molar-refractivity contribution >= 4 is 5.69 Å². The largest absolute Gasteiger partial charge is 0.497 e. The molecule has 104 valence electrons. The summed E-state index contributed by atoms with van der Waals surface area (Å²) >= 11 is 0. The van der Waals surface area contributed by atoms with Crippen molar-refractivity contribution in [2.45, 2.75) is 25.8 Å². The molecule has 2 aromatic carbocycles. The van der Waals surface area contributed by atoms with Crippen LogP contribution in [0.4, 0.5) is 5.69 Å². The van der Waals surface area contributed by atoms with Crippen molar-refractivity contribution in [3.8, 4) is 5.75 Å². The predicted octanol–water partition coefficient (Wildman–Crippen LogP) is 4.35. The minimum Gasteiger partial charge on any atom is -0.497 e. The van der Waals surface area contributed by atoms with E-state index < -0.39 is 0 Å². The Morgan fingerprint density at radius 2 is 1.70 bits per heavy atom. The molecule has 1 fully saturated rings. The number of nitrogens with zero attached hydrogens (tertiary/aromatic N) is 1. The van der Waals surface area contributed by atoms with Gasteiger partial charge in [-0.25, -0.2) is 0 Å². The fourth-order valence-electron chi connectivity index (χ4n) is 2.98. The van der Waals surface area contributed by atoms with E-state index in [1.54, 1.807) is 7.11 Å². The number of anilines is 1. The van der Waals surface area contributed by atoms with Crippen molar-refractivity contribution in [2.24, 2.45) is 0 Å². The van der Waals surface area contributed by atoms with E-state index in [-0.39, 0.29) is 0 Å². The summed E-state index contributed by atoms with van der Waals surface area (Å²) in [6.07, 6.45) is 2.49. The molecule has 1 heterocycles. The quantitative estimate of drug-likeness (QED) is 0.820. The molecule has 2 aromatic rings. The van der Waals surface area contributed by atoms with Crippen molar-refractivity contribution in [3.05, 3.63) is 59.7 Å². The molecule has 0 N–H and O–H groups in total. The third kappa shape index (κ3) is 2.51. The van der Waals surface area contributed by atoms with Crippen LogP contribution in [0.2, 0.25) is 0 Å². The molecule has 20 heavy (non-hydrogen) atoms. The summed E-state index contributed by atoms with van der Waals surface area (Å²) in [6, 6.07) is 17.9. The predicted molar refractivity (Wildman–Crippen MR) is 83.5 cm³/mol. The summed E-state index contributed by atoms with van der Waals surface area (Å²) in [7, 11) is 1.71. The summed E-state index contributed by atoms with van der Waals surface area (Å²) in [6.45, 7) is 3.27. The zero-order valence-electron chi connectivity index (χ0n) is 12.2. The first-order valence-electron chi connectivity index (χ1n) is 7.25. The highest BCUT2D eigenvalue weighted by Gasteiger charge is 2.25. The van der Waals surface area contributed by atoms with Crippen LogP contribution in [0.3, 0.4) is 0 Å². The van der Waals surface area contributed by atoms with Gasteiger partial charge in [0.1, 0.15) is 5.75 Å². The van der Waals surface area contributed by atoms with Gasteiger partial charge in [-0.3, -0.25) is 0 Å². The number of aryl methyl sites for hydroxylation is 1. The van der Waals surface area contributed by atoms with Crippen LogP contribution < -0.4 is 9.64 Å². The van der Waals surface area contributed by atoms with Gasteiger partial charge in [-0.15, -0.1) is 0 Å². The summed E-state index contributed by atoms with van der Waals surface area (Å²) in [4.78, 5) is 2.50. The Morgan fingerprint density at radius 3 is 2.35 bits per heavy atom. The van der Waals surface area contributed by atoms with Crippen molar-refractivity contribution in [2.75, 3.05) is 18.6 Å². The first kappa shape index (κ1) is 13.0. The number of methoxy groups -OCH3 is 1. The fraction of sp³-hybridized carbons (Fsp3) is 0.333. The lowest BCUT2D eigenvalue weighted by Crippen LogP contribution is -2.22. The van der Waals surface area contributed by atoms with Gasteiger partial charge in [0.15, 0.2) is 0 Å². The second kappa shape index (κ2) is 5.58. The molecule has 0 bridgehead atoms. The van der Waals surface area contributed by atoms with E-state index in [9.17, 15) is 0 Å². The number of rotatable bonds is 3. The Labute approximate surface area is 121 Å². The number of hydrogen-bond acceptors (Lipinski definition) is 2. The standard InChI is InChI=1S/C18H21NO/c1-14-5-7-15(8-6-14)18-4-3-13-19(18)16-9-11-17(20-2)12-10-16/h5-12,18H,3-4,13H2,1-2H3. The topological polar surface area (TPSA) is 12.5 Å². The maximum atomic E-state index is 5.24. The minimum absolute atomic E-state index is 0.504. The molecule has 0 radical (unpaired) electrons. The average molecular weight is 267 g/mol. The lowest BCUT2D eigenvalue weighted by Gasteiger charge is -2.27. The molecule has 2 heteroatoms. The number of ether oxygens (including phenoxy) is 1. The van der Waals surface area contributed by atoms with Crippen molar-refractivity contribution in [1.82, 2.24) is 0 Å². The molecule has 3 rings (SSSR count). The molecular formula is C18H21NO. The monoisotopic (exact) mass is 267 g/mol. The van der Waals surface area contributed by atoms with Crippen LogP contribution in [0.1, 0.15) is 30.0 Å². The van der Waals surface area contributed by atoms with Crippen LogP contribution >= 0.6 is 0 Å². The molecule has 1 aliphatic heterocycles. The van der Waals surface area contributed by atoms with E-state index >= 15 is 0 Å². The van der Waals surface area contributed by atoms with Gasteiger partial charge in [0.25, 0.3) is 0 Å². The van der Waals surface area contributed by atoms with Gasteiger partial charge in [0.2, 0.25) is 0 Å². The first-order valence-corrected chi connectivity index (χ1v) is 7.25. The summed E-state index contributed by atoms with van der Waals surface area (Å²) in [5.74, 6) is 0.917. The fourth-order valence-corrected chi connectivity index (χ4v) is 2.98. The molecule has 0 aliphatic carbocycles. The van der Waals surface area contributed by atoms with Crippen LogP contribution in [-0.4, -0.2) is 13.7 Å². The van der Waals surface area contributed by atoms with Crippen molar-refractivity contribution in [1.29, 1.82) is 0 Å². The van der Waals surface area contributed by atoms with Gasteiger partial charge in [0, 0.05) is 12.2 Å². The molecule has 2 nitrogen and oxygen atoms in total. The van der Waals surface area contributed by atoms with Crippen LogP contribution in [0.15, 0.2) is 48.5 Å². The van der Waals surface area contributed by atoms with E-state index in [1.165, 1.54) is 29.7 Å². The van der Waals surface area contributed by atoms with Gasteiger partial charge in [0.05, 0.1) is 13.2 Å². The lowest BCUT2D eigenvalue weighted by molar-refractivity contribution is 0.415. The van der Waals surface area contributed by atoms with Crippen molar-refractivity contribution in [3.63, 3.8) is 0 Å². The van der Waals surface area contributed by atoms with Gasteiger partial charge in [-0.05, 0) is 49.6 Å². The molecule has 0 spiro atoms. The second-order valence-corrected chi connectivity index (χ2v) is 5.46. The molecule has 1 unspecified atom stereocenters. The van der Waals surface area contributed by atoms with E-state index in [1.807, 2.05) is 12.1 Å². The van der Waals surface area contributed by atoms with Crippen LogP contribution in [-0.2, 0) is 0 Å². The molecule has 1 aliphatic rings. The Kier molecular flexibility index (Phi) is 3.64. The first-order chi connectivity index (χ1) is 9.78. The maximum Gasteiger partial charge on any atom is 0.119 e. The van der Waals surface area contributed by atoms with Crippen LogP contribution in [0, 0.1) is 6.92 Å². The highest BCUT2D eigenvalue weighted by atomic mass is 16.5. The van der Waals surface area contributed by atoms with E-state index in [0.29, 0.717) is 6.04 Å². The van der Waals surface area contributed by atoms with Gasteiger partial charge >= 0.3 is 0 Å². The average Bonchev–Trinajstić information content (AvgIpc) is 2.97. The highest BCUT2D eigenvalue weighted by Crippen LogP contribution is 2.36. The third-order valence-corrected chi connectivity index (χ3v) is 4.12. The SMILES string of the molecule is COc1ccc(N2CCCC2c2ccc(C)cc2)cc1. The molecule has 0 aromatic heterocycles. The van der Waals surface area contributed by atoms with Crippen LogP contribution in [0.5, 0.6) is 5.75 Å². The highest BCUT2D eigenvalue weighted by molar-refractivity contribution is 5.52. The van der Waals surface area contributed by atoms with E-state index in [2.05, 4.69) is 48.2 Å². The summed E-state index contributed by atoms with van der Waals surface area (Å²) < 4.78 is 5.24. The smallest absolute Gasteiger partial charge is 0.119 e. The Bertz CT molecular complexity index is 559.